The van der Waals surface area contributed by atoms with Crippen LogP contribution in [0.1, 0.15) is 11.1 Å². The van der Waals surface area contributed by atoms with Crippen molar-refractivity contribution in [2.24, 2.45) is 7.05 Å². The molecule has 0 atom stereocenters. The Hall–Kier alpha value is -2.80. The summed E-state index contributed by atoms with van der Waals surface area (Å²) in [6.07, 6.45) is 6.00. The predicted octanol–water partition coefficient (Wildman–Crippen LogP) is 5.99. The highest BCUT2D eigenvalue weighted by Crippen LogP contribution is 2.36. The van der Waals surface area contributed by atoms with Crippen LogP contribution in [0.4, 0.5) is 0 Å². The summed E-state index contributed by atoms with van der Waals surface area (Å²) in [7, 11) is 2.16. The van der Waals surface area contributed by atoms with Crippen molar-refractivity contribution in [1.29, 1.82) is 0 Å². The minimum Gasteiger partial charge on any atom is -0.343 e. The summed E-state index contributed by atoms with van der Waals surface area (Å²) >= 11 is 0. The van der Waals surface area contributed by atoms with E-state index in [1.165, 1.54) is 43.7 Å². The van der Waals surface area contributed by atoms with Crippen LogP contribution in [-0.2, 0) is 7.05 Å². The zero-order chi connectivity index (χ0) is 16.0. The fraction of sp³-hybridized carbons (Fsp3) is 0.0909. The predicted molar refractivity (Wildman–Crippen MR) is 102 cm³/mol. The normalized spacial score (nSPS) is 11.9. The zero-order valence-corrected chi connectivity index (χ0v) is 13.5. The van der Waals surface area contributed by atoms with E-state index in [0.717, 1.165) is 0 Å². The summed E-state index contributed by atoms with van der Waals surface area (Å²) in [5, 5.41) is 5.26. The summed E-state index contributed by atoms with van der Waals surface area (Å²) in [5.74, 6) is 0. The number of allylic oxidation sites excluding steroid dienone is 2. The fourth-order valence-electron chi connectivity index (χ4n) is 3.59. The van der Waals surface area contributed by atoms with E-state index >= 15 is 0 Å². The van der Waals surface area contributed by atoms with Crippen molar-refractivity contribution >= 4 is 38.7 Å². The van der Waals surface area contributed by atoms with E-state index in [4.69, 9.17) is 0 Å². The van der Waals surface area contributed by atoms with E-state index in [0.29, 0.717) is 0 Å². The van der Waals surface area contributed by atoms with Crippen LogP contribution in [0.15, 0.2) is 67.3 Å². The van der Waals surface area contributed by atoms with Crippen molar-refractivity contribution < 1.29 is 0 Å². The van der Waals surface area contributed by atoms with E-state index in [-0.39, 0.29) is 0 Å². The Morgan fingerprint density at radius 2 is 1.78 bits per heavy atom. The van der Waals surface area contributed by atoms with E-state index < -0.39 is 0 Å². The largest absolute Gasteiger partial charge is 0.343 e. The molecule has 4 rings (SSSR count). The number of hydrogen-bond donors (Lipinski definition) is 0. The first kappa shape index (κ1) is 13.8. The van der Waals surface area contributed by atoms with Crippen molar-refractivity contribution in [3.05, 3.63) is 78.4 Å². The molecule has 0 aliphatic heterocycles. The molecule has 0 aliphatic rings. The number of aromatic nitrogens is 1. The van der Waals surface area contributed by atoms with Gasteiger partial charge in [0.25, 0.3) is 0 Å². The number of hydrogen-bond acceptors (Lipinski definition) is 0. The van der Waals surface area contributed by atoms with E-state index in [1.54, 1.807) is 0 Å². The van der Waals surface area contributed by atoms with Gasteiger partial charge >= 0.3 is 0 Å². The van der Waals surface area contributed by atoms with Crippen LogP contribution in [0.3, 0.4) is 0 Å². The number of fused-ring (bicyclic) bond motifs is 5. The maximum atomic E-state index is 3.80. The molecule has 3 aromatic carbocycles. The lowest BCUT2D eigenvalue weighted by molar-refractivity contribution is 1.01. The van der Waals surface area contributed by atoms with Gasteiger partial charge in [0.05, 0.1) is 5.52 Å². The molecule has 23 heavy (non-hydrogen) atoms. The molecular weight excluding hydrogens is 278 g/mol. The number of nitrogens with zero attached hydrogens (tertiary/aromatic N) is 1. The third-order valence-electron chi connectivity index (χ3n) is 4.71. The zero-order valence-electron chi connectivity index (χ0n) is 13.5. The van der Waals surface area contributed by atoms with Gasteiger partial charge in [-0.2, -0.15) is 0 Å². The number of benzene rings is 3. The van der Waals surface area contributed by atoms with Gasteiger partial charge in [-0.05, 0) is 29.3 Å². The maximum absolute atomic E-state index is 3.80. The molecular formula is C22H19N. The molecule has 0 N–H and O–H groups in total. The van der Waals surface area contributed by atoms with Gasteiger partial charge in [0, 0.05) is 28.9 Å². The lowest BCUT2D eigenvalue weighted by Crippen LogP contribution is -1.91. The lowest BCUT2D eigenvalue weighted by atomic mass is 10.0. The van der Waals surface area contributed by atoms with Crippen molar-refractivity contribution in [2.75, 3.05) is 0 Å². The third-order valence-corrected chi connectivity index (χ3v) is 4.71. The first-order valence-electron chi connectivity index (χ1n) is 7.91. The van der Waals surface area contributed by atoms with E-state index in [1.807, 2.05) is 12.2 Å². The van der Waals surface area contributed by atoms with Gasteiger partial charge in [0.2, 0.25) is 0 Å². The summed E-state index contributed by atoms with van der Waals surface area (Å²) in [5.41, 5.74) is 5.11. The molecule has 112 valence electrons. The van der Waals surface area contributed by atoms with Crippen molar-refractivity contribution in [1.82, 2.24) is 4.57 Å². The molecule has 0 radical (unpaired) electrons. The van der Waals surface area contributed by atoms with Crippen LogP contribution in [0.5, 0.6) is 0 Å². The molecule has 0 bridgehead atoms. The van der Waals surface area contributed by atoms with Crippen molar-refractivity contribution in [3.63, 3.8) is 0 Å². The molecule has 1 nitrogen and oxygen atoms in total. The van der Waals surface area contributed by atoms with Gasteiger partial charge in [-0.1, -0.05) is 67.3 Å². The average molecular weight is 297 g/mol. The summed E-state index contributed by atoms with van der Waals surface area (Å²) < 4.78 is 2.31. The Bertz CT molecular complexity index is 1090. The monoisotopic (exact) mass is 297 g/mol. The molecule has 0 amide bonds. The van der Waals surface area contributed by atoms with Crippen LogP contribution < -0.4 is 0 Å². The fourth-order valence-corrected chi connectivity index (χ4v) is 3.59. The van der Waals surface area contributed by atoms with E-state index in [2.05, 4.69) is 79.7 Å². The second-order valence-electron chi connectivity index (χ2n) is 6.03. The van der Waals surface area contributed by atoms with Crippen LogP contribution in [0.25, 0.3) is 38.7 Å². The van der Waals surface area contributed by atoms with Crippen LogP contribution in [0, 0.1) is 6.92 Å². The highest BCUT2D eigenvalue weighted by Gasteiger charge is 2.14. The maximum Gasteiger partial charge on any atom is 0.0565 e. The summed E-state index contributed by atoms with van der Waals surface area (Å²) in [6.45, 7) is 5.96. The molecule has 1 heteroatoms. The first-order valence-corrected chi connectivity index (χ1v) is 7.91. The SMILES string of the molecule is C=C/C=C\c1c(C)ccc2c3c4ccccc4ccc3n(C)c12. The molecule has 4 aromatic rings. The smallest absolute Gasteiger partial charge is 0.0565 e. The van der Waals surface area contributed by atoms with Gasteiger partial charge in [0.15, 0.2) is 0 Å². The molecule has 0 fully saturated rings. The van der Waals surface area contributed by atoms with Gasteiger partial charge in [0.1, 0.15) is 0 Å². The second kappa shape index (κ2) is 5.13. The standard InChI is InChI=1S/C22H19N/c1-4-5-9-17-15(2)11-13-19-21-18-10-7-6-8-16(18)12-14-20(21)23(3)22(17)19/h4-14H,1H2,2-3H3/b9-5-. The molecule has 0 aliphatic carbocycles. The van der Waals surface area contributed by atoms with Crippen LogP contribution in [0.2, 0.25) is 0 Å². The highest BCUT2D eigenvalue weighted by molar-refractivity contribution is 6.21. The summed E-state index contributed by atoms with van der Waals surface area (Å²) in [4.78, 5) is 0. The third kappa shape index (κ3) is 1.93. The Balaban J connectivity index is 2.27. The number of rotatable bonds is 2. The minimum absolute atomic E-state index is 1.27. The molecule has 0 unspecified atom stereocenters. The van der Waals surface area contributed by atoms with Gasteiger partial charge in [-0.15, -0.1) is 0 Å². The van der Waals surface area contributed by atoms with Crippen LogP contribution >= 0.6 is 0 Å². The molecule has 0 saturated carbocycles. The molecule has 0 saturated heterocycles. The highest BCUT2D eigenvalue weighted by atomic mass is 14.9. The minimum atomic E-state index is 1.27. The average Bonchev–Trinajstić information content (AvgIpc) is 2.87. The topological polar surface area (TPSA) is 4.93 Å². The molecule has 1 aromatic heterocycles. The Morgan fingerprint density at radius 3 is 2.61 bits per heavy atom. The number of aryl methyl sites for hydroxylation is 2. The van der Waals surface area contributed by atoms with Crippen molar-refractivity contribution in [3.8, 4) is 0 Å². The van der Waals surface area contributed by atoms with Crippen LogP contribution in [-0.4, -0.2) is 4.57 Å². The Kier molecular flexibility index (Phi) is 3.09. The van der Waals surface area contributed by atoms with Crippen molar-refractivity contribution in [2.45, 2.75) is 6.92 Å². The second-order valence-corrected chi connectivity index (χ2v) is 6.03. The van der Waals surface area contributed by atoms with Gasteiger partial charge in [-0.25, -0.2) is 0 Å². The van der Waals surface area contributed by atoms with Gasteiger partial charge < -0.3 is 4.57 Å². The molecule has 1 heterocycles. The molecule has 0 spiro atoms. The quantitative estimate of drug-likeness (QED) is 0.400. The first-order chi connectivity index (χ1) is 11.2. The summed E-state index contributed by atoms with van der Waals surface area (Å²) in [6, 6.07) is 17.5. The Morgan fingerprint density at radius 1 is 0.957 bits per heavy atom. The Labute approximate surface area is 136 Å². The lowest BCUT2D eigenvalue weighted by Gasteiger charge is -2.06. The van der Waals surface area contributed by atoms with Gasteiger partial charge in [-0.3, -0.25) is 0 Å². The van der Waals surface area contributed by atoms with E-state index in [9.17, 15) is 0 Å².